The maximum absolute atomic E-state index is 12.3. The molecule has 7 heteroatoms. The molecule has 1 fully saturated rings. The van der Waals surface area contributed by atoms with Gasteiger partial charge in [-0.2, -0.15) is 8.42 Å². The number of benzene rings is 1. The molecule has 0 radical (unpaired) electrons. The lowest BCUT2D eigenvalue weighted by molar-refractivity contribution is -0.232. The fraction of sp³-hybridized carbons (Fsp3) is 0.529. The van der Waals surface area contributed by atoms with Gasteiger partial charge in [0.25, 0.3) is 10.1 Å². The van der Waals surface area contributed by atoms with Crippen molar-refractivity contribution >= 4 is 10.1 Å². The Morgan fingerprint density at radius 2 is 1.88 bits per heavy atom. The summed E-state index contributed by atoms with van der Waals surface area (Å²) in [4.78, 5) is 0.0266. The van der Waals surface area contributed by atoms with Gasteiger partial charge < -0.3 is 14.9 Å². The quantitative estimate of drug-likeness (QED) is 0.612. The van der Waals surface area contributed by atoms with E-state index < -0.39 is 46.6 Å². The molecule has 134 valence electrons. The summed E-state index contributed by atoms with van der Waals surface area (Å²) in [5, 5.41) is 20.4. The minimum absolute atomic E-state index is 0.0266. The van der Waals surface area contributed by atoms with E-state index in [1.54, 1.807) is 26.0 Å². The van der Waals surface area contributed by atoms with E-state index in [4.69, 9.17) is 8.92 Å². The molecule has 6 nitrogen and oxygen atoms in total. The smallest absolute Gasteiger partial charge is 0.297 e. The second-order valence-electron chi connectivity index (χ2n) is 6.31. The zero-order valence-corrected chi connectivity index (χ0v) is 14.9. The Balaban J connectivity index is 2.21. The highest BCUT2D eigenvalue weighted by atomic mass is 32.2. The average molecular weight is 356 g/mol. The topological polar surface area (TPSA) is 93.1 Å². The van der Waals surface area contributed by atoms with Crippen LogP contribution >= 0.6 is 0 Å². The van der Waals surface area contributed by atoms with E-state index in [9.17, 15) is 18.6 Å². The molecule has 0 aromatic heterocycles. The number of aryl methyl sites for hydroxylation is 1. The Kier molecular flexibility index (Phi) is 5.51. The van der Waals surface area contributed by atoms with Crippen LogP contribution < -0.4 is 0 Å². The summed E-state index contributed by atoms with van der Waals surface area (Å²) in [5.74, 6) is -0.516. The van der Waals surface area contributed by atoms with Crippen LogP contribution in [0.2, 0.25) is 0 Å². The van der Waals surface area contributed by atoms with E-state index in [2.05, 4.69) is 6.58 Å². The fourth-order valence-corrected chi connectivity index (χ4v) is 3.78. The summed E-state index contributed by atoms with van der Waals surface area (Å²) in [6.07, 6.45) is -1.26. The highest BCUT2D eigenvalue weighted by Crippen LogP contribution is 2.35. The minimum atomic E-state index is -4.00. The second-order valence-corrected chi connectivity index (χ2v) is 7.92. The third-order valence-corrected chi connectivity index (χ3v) is 5.80. The first-order valence-corrected chi connectivity index (χ1v) is 9.17. The van der Waals surface area contributed by atoms with Crippen LogP contribution in [0.1, 0.15) is 19.4 Å². The van der Waals surface area contributed by atoms with Crippen LogP contribution in [0.25, 0.3) is 0 Å². The molecule has 1 heterocycles. The molecule has 2 N–H and O–H groups in total. The van der Waals surface area contributed by atoms with E-state index in [1.165, 1.54) is 18.2 Å². The molecular weight excluding hydrogens is 332 g/mol. The predicted octanol–water partition coefficient (Wildman–Crippen LogP) is 1.40. The molecule has 0 spiro atoms. The molecule has 24 heavy (non-hydrogen) atoms. The number of aliphatic hydroxyl groups is 2. The number of hydrogen-bond acceptors (Lipinski definition) is 6. The molecule has 1 aromatic carbocycles. The molecule has 5 atom stereocenters. The summed E-state index contributed by atoms with van der Waals surface area (Å²) in [7, 11) is -4.00. The van der Waals surface area contributed by atoms with Crippen LogP contribution in [0.5, 0.6) is 0 Å². The molecule has 0 amide bonds. The number of hydrogen-bond donors (Lipinski definition) is 2. The fourth-order valence-electron chi connectivity index (χ4n) is 2.83. The van der Waals surface area contributed by atoms with Crippen molar-refractivity contribution in [3.05, 3.63) is 42.5 Å². The van der Waals surface area contributed by atoms with Crippen LogP contribution in [-0.4, -0.2) is 49.2 Å². The number of ether oxygens (including phenoxy) is 1. The van der Waals surface area contributed by atoms with Crippen molar-refractivity contribution in [2.24, 2.45) is 5.92 Å². The van der Waals surface area contributed by atoms with Crippen molar-refractivity contribution in [2.45, 2.75) is 49.6 Å². The van der Waals surface area contributed by atoms with Crippen LogP contribution in [0.3, 0.4) is 0 Å². The Bertz CT molecular complexity index is 684. The SMILES string of the molecule is C=CC1(COS(=O)(=O)c2ccc(C)cc2)OC(C)C(O)C(C)C1O. The Hall–Kier alpha value is -1.25. The zero-order chi connectivity index (χ0) is 18.1. The molecule has 1 aromatic rings. The molecule has 1 aliphatic heterocycles. The van der Waals surface area contributed by atoms with Crippen molar-refractivity contribution < 1.29 is 27.6 Å². The molecule has 5 unspecified atom stereocenters. The van der Waals surface area contributed by atoms with Crippen molar-refractivity contribution in [2.75, 3.05) is 6.61 Å². The number of aliphatic hydroxyl groups excluding tert-OH is 2. The first kappa shape index (κ1) is 19.1. The average Bonchev–Trinajstić information content (AvgIpc) is 2.56. The molecule has 1 aliphatic rings. The van der Waals surface area contributed by atoms with Crippen LogP contribution in [0, 0.1) is 12.8 Å². The van der Waals surface area contributed by atoms with Gasteiger partial charge in [-0.1, -0.05) is 30.7 Å². The van der Waals surface area contributed by atoms with E-state index in [0.717, 1.165) is 5.56 Å². The molecule has 2 rings (SSSR count). The van der Waals surface area contributed by atoms with Gasteiger partial charge in [0.15, 0.2) is 0 Å². The monoisotopic (exact) mass is 356 g/mol. The number of rotatable bonds is 5. The third-order valence-electron chi connectivity index (χ3n) is 4.52. The van der Waals surface area contributed by atoms with E-state index >= 15 is 0 Å². The van der Waals surface area contributed by atoms with Crippen LogP contribution in [-0.2, 0) is 19.0 Å². The van der Waals surface area contributed by atoms with Gasteiger partial charge in [-0.25, -0.2) is 0 Å². The lowest BCUT2D eigenvalue weighted by Crippen LogP contribution is -2.61. The van der Waals surface area contributed by atoms with E-state index in [0.29, 0.717) is 0 Å². The first-order chi connectivity index (χ1) is 11.1. The summed E-state index contributed by atoms with van der Waals surface area (Å²) in [6, 6.07) is 6.26. The molecule has 1 saturated heterocycles. The molecule has 0 saturated carbocycles. The van der Waals surface area contributed by atoms with Gasteiger partial charge in [-0.05, 0) is 26.0 Å². The largest absolute Gasteiger partial charge is 0.390 e. The molecular formula is C17H24O6S. The zero-order valence-electron chi connectivity index (χ0n) is 14.0. The van der Waals surface area contributed by atoms with Crippen molar-refractivity contribution in [1.29, 1.82) is 0 Å². The highest BCUT2D eigenvalue weighted by molar-refractivity contribution is 7.86. The van der Waals surface area contributed by atoms with Gasteiger partial charge >= 0.3 is 0 Å². The van der Waals surface area contributed by atoms with Crippen molar-refractivity contribution in [1.82, 2.24) is 0 Å². The predicted molar refractivity (Wildman–Crippen MR) is 89.0 cm³/mol. The van der Waals surface area contributed by atoms with E-state index in [1.807, 2.05) is 6.92 Å². The van der Waals surface area contributed by atoms with Gasteiger partial charge in [0, 0.05) is 5.92 Å². The Morgan fingerprint density at radius 1 is 1.29 bits per heavy atom. The van der Waals surface area contributed by atoms with Crippen LogP contribution in [0.15, 0.2) is 41.8 Å². The summed E-state index contributed by atoms with van der Waals surface area (Å²) >= 11 is 0. The first-order valence-electron chi connectivity index (χ1n) is 7.76. The standard InChI is InChI=1S/C17H24O6S/c1-5-17(16(19)12(3)15(18)13(4)23-17)10-22-24(20,21)14-8-6-11(2)7-9-14/h5-9,12-13,15-16,18-19H,1,10H2,2-4H3. The van der Waals surface area contributed by atoms with Gasteiger partial charge in [0.2, 0.25) is 0 Å². The summed E-state index contributed by atoms with van der Waals surface area (Å²) in [6.45, 7) is 8.39. The Morgan fingerprint density at radius 3 is 2.42 bits per heavy atom. The molecule has 0 bridgehead atoms. The van der Waals surface area contributed by atoms with E-state index in [-0.39, 0.29) is 4.90 Å². The van der Waals surface area contributed by atoms with Gasteiger partial charge in [0.1, 0.15) is 12.2 Å². The van der Waals surface area contributed by atoms with Crippen molar-refractivity contribution in [3.8, 4) is 0 Å². The summed E-state index contributed by atoms with van der Waals surface area (Å²) < 4.78 is 35.5. The maximum atomic E-state index is 12.3. The van der Waals surface area contributed by atoms with Crippen LogP contribution in [0.4, 0.5) is 0 Å². The van der Waals surface area contributed by atoms with Crippen molar-refractivity contribution in [3.63, 3.8) is 0 Å². The van der Waals surface area contributed by atoms with Gasteiger partial charge in [-0.3, -0.25) is 4.18 Å². The third kappa shape index (κ3) is 3.55. The van der Waals surface area contributed by atoms with Gasteiger partial charge in [0.05, 0.1) is 23.2 Å². The lowest BCUT2D eigenvalue weighted by atomic mass is 9.80. The normalized spacial score (nSPS) is 34.0. The minimum Gasteiger partial charge on any atom is -0.390 e. The Labute approximate surface area is 142 Å². The lowest BCUT2D eigenvalue weighted by Gasteiger charge is -2.47. The highest BCUT2D eigenvalue weighted by Gasteiger charge is 2.50. The second kappa shape index (κ2) is 6.93. The van der Waals surface area contributed by atoms with Gasteiger partial charge in [-0.15, -0.1) is 6.58 Å². The maximum Gasteiger partial charge on any atom is 0.297 e. The summed E-state index contributed by atoms with van der Waals surface area (Å²) in [5.41, 5.74) is -0.477. The molecule has 0 aliphatic carbocycles.